The van der Waals surface area contributed by atoms with Crippen molar-refractivity contribution in [3.8, 4) is 11.3 Å². The van der Waals surface area contributed by atoms with Crippen molar-refractivity contribution in [1.82, 2.24) is 29.9 Å². The van der Waals surface area contributed by atoms with Crippen molar-refractivity contribution in [3.05, 3.63) is 58.8 Å². The summed E-state index contributed by atoms with van der Waals surface area (Å²) in [5.74, 6) is -1.39. The molecule has 16 heteroatoms. The van der Waals surface area contributed by atoms with Crippen LogP contribution < -0.4 is 10.4 Å². The molecule has 1 radical (unpaired) electrons. The van der Waals surface area contributed by atoms with Gasteiger partial charge in [-0.2, -0.15) is 0 Å². The first kappa shape index (κ1) is 39.6. The zero-order valence-electron chi connectivity index (χ0n) is 31.8. The van der Waals surface area contributed by atoms with E-state index >= 15 is 0 Å². The molecule has 1 aromatic carbocycles. The number of rotatable bonds is 7. The van der Waals surface area contributed by atoms with E-state index in [-0.39, 0.29) is 28.4 Å². The second-order valence-electron chi connectivity index (χ2n) is 15.1. The van der Waals surface area contributed by atoms with E-state index in [0.717, 1.165) is 44.7 Å². The number of thiocarbonyl (C=S) groups is 2. The highest BCUT2D eigenvalue weighted by molar-refractivity contribution is 8.03. The number of carbonyl (C=O) groups excluding carboxylic acids is 3. The molecule has 12 nitrogen and oxygen atoms in total. The van der Waals surface area contributed by atoms with Crippen molar-refractivity contribution in [2.75, 3.05) is 33.9 Å². The van der Waals surface area contributed by atoms with Gasteiger partial charge < -0.3 is 28.7 Å². The number of amides is 2. The number of esters is 1. The molecule has 1 unspecified atom stereocenters. The van der Waals surface area contributed by atoms with E-state index in [4.69, 9.17) is 43.6 Å². The number of cyclic esters (lactones) is 1. The monoisotopic (exact) mass is 819 g/mol. The molecule has 6 bridgehead atoms. The highest BCUT2D eigenvalue weighted by Gasteiger charge is 2.41. The number of fused-ring (bicyclic) bond motifs is 7. The smallest absolute Gasteiger partial charge is 0.315 e. The number of aromatic nitrogens is 2. The molecule has 0 spiro atoms. The van der Waals surface area contributed by atoms with Crippen molar-refractivity contribution in [2.24, 2.45) is 11.3 Å². The molecule has 3 aromatic rings. The molecular formula is C39H47N6O6S3Si. The summed E-state index contributed by atoms with van der Waals surface area (Å²) >= 11 is 12.8. The van der Waals surface area contributed by atoms with Gasteiger partial charge in [-0.05, 0) is 73.0 Å². The van der Waals surface area contributed by atoms with Crippen LogP contribution in [-0.2, 0) is 36.8 Å². The van der Waals surface area contributed by atoms with E-state index in [1.54, 1.807) is 30.4 Å². The molecule has 0 saturated carbocycles. The Morgan fingerprint density at radius 1 is 1.27 bits per heavy atom. The Labute approximate surface area is 338 Å². The topological polar surface area (TPSA) is 127 Å². The predicted molar refractivity (Wildman–Crippen MR) is 223 cm³/mol. The molecule has 2 aromatic heterocycles. The van der Waals surface area contributed by atoms with Crippen molar-refractivity contribution < 1.29 is 28.6 Å². The Hall–Kier alpha value is -3.67. The maximum absolute atomic E-state index is 14.3. The van der Waals surface area contributed by atoms with Gasteiger partial charge in [0.25, 0.3) is 8.96 Å². The maximum Gasteiger partial charge on any atom is 0.315 e. The second kappa shape index (κ2) is 16.4. The maximum atomic E-state index is 14.3. The summed E-state index contributed by atoms with van der Waals surface area (Å²) in [5.41, 5.74) is 9.30. The lowest BCUT2D eigenvalue weighted by Gasteiger charge is -2.32. The molecule has 4 atom stereocenters. The van der Waals surface area contributed by atoms with Crippen molar-refractivity contribution in [2.45, 2.75) is 76.6 Å². The molecule has 4 aliphatic rings. The van der Waals surface area contributed by atoms with Crippen LogP contribution in [0.15, 0.2) is 41.9 Å². The molecule has 2 amide bonds. The van der Waals surface area contributed by atoms with Gasteiger partial charge in [0, 0.05) is 67.1 Å². The standard InChI is InChI=1S/C39H47N6O6S3Si/c1-6-44-28-12-11-23-17-26(28)27(34(44)24-9-7-14-40-33(24)31(19-52)49-5)18-39(2,3)22-51-37(47)25-10-8-15-45(41-36(25)53)38(48)55(42-35(46)30-13-16-50-30)21-32-43(4)29(23)20-54-32/h7,9,11-12,14,17,19-20,25,30-32H,6,8,10,13,15-16,18,21-22H2,1-5H3,(H,41,53)(H,42,46)/t25-,30-,31+,32?/m1/s1. The molecule has 2 N–H and O–H groups in total. The Bertz CT molecular complexity index is 2050. The van der Waals surface area contributed by atoms with Gasteiger partial charge in [-0.1, -0.05) is 44.3 Å². The fourth-order valence-electron chi connectivity index (χ4n) is 7.73. The summed E-state index contributed by atoms with van der Waals surface area (Å²) in [7, 11) is 1.47. The van der Waals surface area contributed by atoms with Crippen LogP contribution in [-0.4, -0.2) is 102 Å². The number of nitrogens with zero attached hydrogens (tertiary/aromatic N) is 4. The molecular weight excluding hydrogens is 773 g/mol. The molecule has 4 aliphatic heterocycles. The zero-order valence-corrected chi connectivity index (χ0v) is 35.2. The van der Waals surface area contributed by atoms with Gasteiger partial charge >= 0.3 is 5.97 Å². The highest BCUT2D eigenvalue weighted by Crippen LogP contribution is 2.43. The van der Waals surface area contributed by atoms with Crippen LogP contribution in [0.1, 0.15) is 63.0 Å². The Morgan fingerprint density at radius 3 is 2.78 bits per heavy atom. The van der Waals surface area contributed by atoms with E-state index in [9.17, 15) is 14.4 Å². The van der Waals surface area contributed by atoms with Crippen LogP contribution >= 0.6 is 36.2 Å². The van der Waals surface area contributed by atoms with E-state index in [0.29, 0.717) is 51.4 Å². The highest BCUT2D eigenvalue weighted by atomic mass is 32.2. The lowest BCUT2D eigenvalue weighted by Crippen LogP contribution is -2.60. The van der Waals surface area contributed by atoms with Crippen LogP contribution in [0, 0.1) is 11.3 Å². The third-order valence-electron chi connectivity index (χ3n) is 10.8. The molecule has 291 valence electrons. The molecule has 0 aliphatic carbocycles. The number of carbonyl (C=O) groups is 3. The first-order valence-electron chi connectivity index (χ1n) is 18.7. The number of nitrogens with one attached hydrogen (secondary N) is 2. The minimum atomic E-state index is -2.20. The number of benzene rings is 1. The van der Waals surface area contributed by atoms with Gasteiger partial charge in [-0.3, -0.25) is 29.8 Å². The summed E-state index contributed by atoms with van der Waals surface area (Å²) in [5, 5.41) is 6.22. The number of hydrazine groups is 1. The van der Waals surface area contributed by atoms with Crippen molar-refractivity contribution >= 4 is 89.5 Å². The van der Waals surface area contributed by atoms with Gasteiger partial charge in [0.05, 0.1) is 35.7 Å². The Balaban J connectivity index is 1.35. The number of hydrogen-bond donors (Lipinski definition) is 2. The van der Waals surface area contributed by atoms with E-state index < -0.39 is 38.5 Å². The third-order valence-corrected chi connectivity index (χ3v) is 15.0. The fourth-order valence-corrected chi connectivity index (χ4v) is 12.0. The van der Waals surface area contributed by atoms with Crippen molar-refractivity contribution in [1.29, 1.82) is 0 Å². The minimum absolute atomic E-state index is 0.109. The summed E-state index contributed by atoms with van der Waals surface area (Å²) in [6.45, 7) is 8.07. The van der Waals surface area contributed by atoms with E-state index in [1.807, 2.05) is 13.1 Å². The number of pyridine rings is 1. The van der Waals surface area contributed by atoms with Gasteiger partial charge in [0.15, 0.2) is 0 Å². The first-order valence-corrected chi connectivity index (χ1v) is 22.2. The van der Waals surface area contributed by atoms with Crippen LogP contribution in [0.2, 0.25) is 6.04 Å². The molecule has 2 saturated heterocycles. The predicted octanol–water partition coefficient (Wildman–Crippen LogP) is 5.98. The summed E-state index contributed by atoms with van der Waals surface area (Å²) < 4.78 is 19.7. The third kappa shape index (κ3) is 7.85. The lowest BCUT2D eigenvalue weighted by molar-refractivity contribution is -0.149. The summed E-state index contributed by atoms with van der Waals surface area (Å²) in [6, 6.07) is 11.0. The van der Waals surface area contributed by atoms with Gasteiger partial charge in [0.1, 0.15) is 23.1 Å². The number of hydrogen-bond acceptors (Lipinski definition) is 11. The zero-order chi connectivity index (χ0) is 39.0. The first-order chi connectivity index (χ1) is 26.4. The lowest BCUT2D eigenvalue weighted by atomic mass is 9.84. The fraction of sp³-hybridized carbons (Fsp3) is 0.487. The van der Waals surface area contributed by atoms with Gasteiger partial charge in [-0.15, -0.1) is 11.8 Å². The number of aryl methyl sites for hydroxylation is 1. The summed E-state index contributed by atoms with van der Waals surface area (Å²) in [4.78, 5) is 51.6. The number of methoxy groups -OCH3 is 1. The normalized spacial score (nSPS) is 23.9. The summed E-state index contributed by atoms with van der Waals surface area (Å²) in [6.07, 6.45) is 2.91. The minimum Gasteiger partial charge on any atom is -0.465 e. The van der Waals surface area contributed by atoms with Crippen LogP contribution in [0.3, 0.4) is 0 Å². The van der Waals surface area contributed by atoms with Crippen LogP contribution in [0.25, 0.3) is 27.9 Å². The molecule has 6 heterocycles. The number of thioether (sulfide) groups is 1. The molecule has 55 heavy (non-hydrogen) atoms. The van der Waals surface area contributed by atoms with Gasteiger partial charge in [0.2, 0.25) is 11.4 Å². The van der Waals surface area contributed by atoms with Gasteiger partial charge in [-0.25, -0.2) is 0 Å². The average Bonchev–Trinajstić information content (AvgIpc) is 3.57. The molecule has 7 rings (SSSR count). The van der Waals surface area contributed by atoms with E-state index in [2.05, 4.69) is 70.3 Å². The second-order valence-corrected chi connectivity index (χ2v) is 18.9. The SMILES string of the molecule is CCn1c(-c2cccnc2[C@H](C=S)OC)c2c3cc(ccc31)C1=CSC(C[Si](NC(=O)[C@H]3CCO3)C(=O)N3CCC[C@@H](C(=O)OCC(C)(C)C2)C(=S)N3)N1C. The Kier molecular flexibility index (Phi) is 11.8. The van der Waals surface area contributed by atoms with Crippen LogP contribution in [0.5, 0.6) is 0 Å². The van der Waals surface area contributed by atoms with Crippen LogP contribution in [0.4, 0.5) is 4.79 Å². The number of ether oxygens (including phenoxy) is 3. The Morgan fingerprint density at radius 2 is 2.07 bits per heavy atom. The average molecular weight is 820 g/mol. The molecule has 2 fully saturated rings. The quantitative estimate of drug-likeness (QED) is 0.166. The largest absolute Gasteiger partial charge is 0.465 e. The van der Waals surface area contributed by atoms with Crippen molar-refractivity contribution in [3.63, 3.8) is 0 Å². The van der Waals surface area contributed by atoms with E-state index in [1.165, 1.54) is 5.01 Å².